The number of allylic oxidation sites excluding steroid dienone is 1. The molecule has 1 saturated heterocycles. The molecule has 1 aromatic rings. The van der Waals surface area contributed by atoms with Gasteiger partial charge in [-0.1, -0.05) is 25.5 Å². The maximum Gasteiger partial charge on any atom is 0.335 e. The van der Waals surface area contributed by atoms with Crippen LogP contribution in [0, 0.1) is 22.7 Å². The Balaban J connectivity index is 1.21. The van der Waals surface area contributed by atoms with E-state index in [1.165, 1.54) is 11.6 Å². The van der Waals surface area contributed by atoms with Crippen LogP contribution >= 0.6 is 0 Å². The van der Waals surface area contributed by atoms with Gasteiger partial charge in [0.15, 0.2) is 6.29 Å². The first-order valence-electron chi connectivity index (χ1n) is 14.0. The Morgan fingerprint density at radius 1 is 1.03 bits per heavy atom. The van der Waals surface area contributed by atoms with Crippen molar-refractivity contribution in [3.63, 3.8) is 0 Å². The molecule has 204 valence electrons. The largest absolute Gasteiger partial charge is 0.431 e. The lowest BCUT2D eigenvalue weighted by atomic mass is 9.45. The van der Waals surface area contributed by atoms with Crippen molar-refractivity contribution in [1.29, 1.82) is 0 Å². The molecule has 2 heterocycles. The highest BCUT2D eigenvalue weighted by Crippen LogP contribution is 2.70. The van der Waals surface area contributed by atoms with Crippen molar-refractivity contribution in [3.8, 4) is 0 Å². The van der Waals surface area contributed by atoms with Crippen molar-refractivity contribution in [2.45, 2.75) is 107 Å². The molecule has 37 heavy (non-hydrogen) atoms. The Hall–Kier alpha value is -1.55. The number of rotatable bonds is 3. The van der Waals surface area contributed by atoms with Crippen molar-refractivity contribution in [1.82, 2.24) is 0 Å². The first-order valence-corrected chi connectivity index (χ1v) is 14.0. The van der Waals surface area contributed by atoms with Crippen molar-refractivity contribution >= 4 is 0 Å². The minimum atomic E-state index is -1.16. The van der Waals surface area contributed by atoms with E-state index in [1.807, 2.05) is 6.07 Å². The van der Waals surface area contributed by atoms with Crippen LogP contribution in [0.1, 0.15) is 76.7 Å². The van der Waals surface area contributed by atoms with Crippen LogP contribution in [0.25, 0.3) is 0 Å². The Labute approximate surface area is 217 Å². The highest BCUT2D eigenvalue weighted by atomic mass is 16.7. The van der Waals surface area contributed by atoms with E-state index in [-0.39, 0.29) is 41.0 Å². The monoisotopic (exact) mass is 515 g/mol. The molecule has 11 atom stereocenters. The molecule has 1 aromatic heterocycles. The average molecular weight is 516 g/mol. The molecule has 0 aromatic carbocycles. The second kappa shape index (κ2) is 9.00. The Morgan fingerprint density at radius 2 is 1.84 bits per heavy atom. The summed E-state index contributed by atoms with van der Waals surface area (Å²) in [6.07, 6.45) is 7.83. The molecule has 0 spiro atoms. The van der Waals surface area contributed by atoms with E-state index in [1.54, 1.807) is 6.26 Å². The van der Waals surface area contributed by atoms with Gasteiger partial charge in [-0.2, -0.15) is 0 Å². The van der Waals surface area contributed by atoms with Gasteiger partial charge in [-0.3, -0.25) is 0 Å². The summed E-state index contributed by atoms with van der Waals surface area (Å²) in [5.41, 5.74) is 6.88. The molecule has 6 rings (SSSR count). The SMILES string of the molecule is CC12CCC(OC3OCC(N)C(O)C3O)C=C1CCC1C2CCC2(C)[C@@H](c3ccc(=O)oc3)CCC12O. The average Bonchev–Trinajstić information content (AvgIpc) is 3.16. The topological polar surface area (TPSA) is 135 Å². The molecule has 0 bridgehead atoms. The maximum absolute atomic E-state index is 12.4. The number of hydrogen-bond acceptors (Lipinski definition) is 8. The number of aliphatic hydroxyl groups excluding tert-OH is 2. The fourth-order valence-electron chi connectivity index (χ4n) is 8.98. The zero-order valence-electron chi connectivity index (χ0n) is 21.8. The molecule has 3 saturated carbocycles. The minimum Gasteiger partial charge on any atom is -0.431 e. The molecule has 5 N–H and O–H groups in total. The zero-order valence-corrected chi connectivity index (χ0v) is 21.8. The third-order valence-electron chi connectivity index (χ3n) is 11.2. The molecule has 8 heteroatoms. The number of nitrogens with two attached hydrogens (primary N) is 1. The van der Waals surface area contributed by atoms with Crippen LogP contribution in [0.4, 0.5) is 0 Å². The van der Waals surface area contributed by atoms with E-state index in [4.69, 9.17) is 19.6 Å². The first kappa shape index (κ1) is 25.7. The van der Waals surface area contributed by atoms with Crippen molar-refractivity contribution in [2.75, 3.05) is 6.61 Å². The van der Waals surface area contributed by atoms with Crippen LogP contribution in [-0.2, 0) is 9.47 Å². The summed E-state index contributed by atoms with van der Waals surface area (Å²) >= 11 is 0. The molecule has 0 amide bonds. The van der Waals surface area contributed by atoms with Crippen molar-refractivity contribution in [3.05, 3.63) is 46.0 Å². The summed E-state index contributed by atoms with van der Waals surface area (Å²) in [5, 5.41) is 32.9. The van der Waals surface area contributed by atoms with E-state index < -0.39 is 30.1 Å². The Kier molecular flexibility index (Phi) is 6.25. The normalized spacial score (nSPS) is 49.5. The summed E-state index contributed by atoms with van der Waals surface area (Å²) in [7, 11) is 0. The fraction of sp³-hybridized carbons (Fsp3) is 0.759. The molecule has 4 aliphatic carbocycles. The summed E-state index contributed by atoms with van der Waals surface area (Å²) in [6, 6.07) is 2.76. The van der Waals surface area contributed by atoms with E-state index in [0.717, 1.165) is 56.9 Å². The van der Waals surface area contributed by atoms with Gasteiger partial charge in [0.2, 0.25) is 0 Å². The molecule has 4 fully saturated rings. The van der Waals surface area contributed by atoms with E-state index in [0.29, 0.717) is 5.92 Å². The third-order valence-corrected chi connectivity index (χ3v) is 11.2. The standard InChI is InChI=1S/C29H41NO7/c1-27-10-7-18(37-26-25(33)24(32)22(30)15-36-26)13-17(27)4-5-21-20(27)8-11-28(2)19(9-12-29(21,28)34)16-3-6-23(31)35-14-16/h3,6,13-14,18-22,24-26,32-34H,4-5,7-12,15,30H2,1-2H3/t18?,19-,20?,21?,22?,24?,25?,26?,27?,28?,29?/m1/s1. The quantitative estimate of drug-likeness (QED) is 0.451. The van der Waals surface area contributed by atoms with Crippen molar-refractivity contribution in [2.24, 2.45) is 28.4 Å². The predicted octanol–water partition coefficient (Wildman–Crippen LogP) is 2.59. The third kappa shape index (κ3) is 3.82. The lowest BCUT2D eigenvalue weighted by molar-refractivity contribution is -0.259. The molecule has 1 aliphatic heterocycles. The van der Waals surface area contributed by atoms with Crippen LogP contribution in [-0.4, -0.2) is 58.2 Å². The van der Waals surface area contributed by atoms with Gasteiger partial charge >= 0.3 is 5.63 Å². The molecule has 0 radical (unpaired) electrons. The summed E-state index contributed by atoms with van der Waals surface area (Å²) in [5.74, 6) is 0.809. The fourth-order valence-corrected chi connectivity index (χ4v) is 8.98. The smallest absolute Gasteiger partial charge is 0.335 e. The van der Waals surface area contributed by atoms with Gasteiger partial charge < -0.3 is 34.9 Å². The molecule has 10 unspecified atom stereocenters. The molecular weight excluding hydrogens is 474 g/mol. The predicted molar refractivity (Wildman–Crippen MR) is 135 cm³/mol. The number of aliphatic hydroxyl groups is 3. The number of hydrogen-bond donors (Lipinski definition) is 4. The van der Waals surface area contributed by atoms with E-state index in [2.05, 4.69) is 19.9 Å². The Morgan fingerprint density at radius 3 is 2.59 bits per heavy atom. The van der Waals surface area contributed by atoms with Gasteiger partial charge in [0, 0.05) is 11.5 Å². The molecular formula is C29H41NO7. The van der Waals surface area contributed by atoms with Gasteiger partial charge in [0.1, 0.15) is 12.2 Å². The van der Waals surface area contributed by atoms with Crippen LogP contribution in [0.2, 0.25) is 0 Å². The van der Waals surface area contributed by atoms with Crippen LogP contribution in [0.3, 0.4) is 0 Å². The second-order valence-electron chi connectivity index (χ2n) is 12.8. The summed E-state index contributed by atoms with van der Waals surface area (Å²) in [4.78, 5) is 11.5. The van der Waals surface area contributed by atoms with Crippen molar-refractivity contribution < 1.29 is 29.2 Å². The second-order valence-corrected chi connectivity index (χ2v) is 12.8. The lowest BCUT2D eigenvalue weighted by Gasteiger charge is -2.62. The number of fused-ring (bicyclic) bond motifs is 5. The van der Waals surface area contributed by atoms with Gasteiger partial charge in [0.05, 0.1) is 30.6 Å². The van der Waals surface area contributed by atoms with Crippen LogP contribution in [0.15, 0.2) is 39.3 Å². The summed E-state index contributed by atoms with van der Waals surface area (Å²) < 4.78 is 16.9. The van der Waals surface area contributed by atoms with E-state index >= 15 is 0 Å². The lowest BCUT2D eigenvalue weighted by Crippen LogP contribution is -2.60. The maximum atomic E-state index is 12.4. The van der Waals surface area contributed by atoms with Crippen LogP contribution in [0.5, 0.6) is 0 Å². The Bertz CT molecular complexity index is 1100. The minimum absolute atomic E-state index is 0.00533. The number of ether oxygens (including phenoxy) is 2. The van der Waals surface area contributed by atoms with E-state index in [9.17, 15) is 20.1 Å². The summed E-state index contributed by atoms with van der Waals surface area (Å²) in [6.45, 7) is 4.77. The highest BCUT2D eigenvalue weighted by Gasteiger charge is 2.66. The highest BCUT2D eigenvalue weighted by molar-refractivity contribution is 5.31. The van der Waals surface area contributed by atoms with Gasteiger partial charge in [-0.15, -0.1) is 0 Å². The van der Waals surface area contributed by atoms with Gasteiger partial charge in [-0.05, 0) is 86.2 Å². The molecule has 8 nitrogen and oxygen atoms in total. The van der Waals surface area contributed by atoms with Crippen LogP contribution < -0.4 is 11.4 Å². The van der Waals surface area contributed by atoms with Gasteiger partial charge in [-0.25, -0.2) is 4.79 Å². The van der Waals surface area contributed by atoms with Gasteiger partial charge in [0.25, 0.3) is 0 Å². The zero-order chi connectivity index (χ0) is 26.2. The molecule has 5 aliphatic rings. The first-order chi connectivity index (χ1) is 17.6.